The first-order valence-electron chi connectivity index (χ1n) is 6.59. The maximum absolute atomic E-state index is 5.84. The Hall–Kier alpha value is -2.49. The number of hydrogen-bond acceptors (Lipinski definition) is 3. The number of aromatic nitrogens is 2. The lowest BCUT2D eigenvalue weighted by Gasteiger charge is -2.19. The molecule has 0 aliphatic rings. The summed E-state index contributed by atoms with van der Waals surface area (Å²) in [5, 5.41) is 0. The summed E-state index contributed by atoms with van der Waals surface area (Å²) in [5.74, 6) is 0.958. The second-order valence-electron chi connectivity index (χ2n) is 5.13. The molecule has 2 N–H and O–H groups in total. The van der Waals surface area contributed by atoms with E-state index in [1.54, 1.807) is 0 Å². The van der Waals surface area contributed by atoms with Gasteiger partial charge in [-0.15, -0.1) is 0 Å². The smallest absolute Gasteiger partial charge is 0.111 e. The van der Waals surface area contributed by atoms with Crippen LogP contribution in [0.1, 0.15) is 5.82 Å². The number of hydrogen-bond donors (Lipinski definition) is 1. The highest BCUT2D eigenvalue weighted by Crippen LogP contribution is 2.28. The fraction of sp³-hybridized carbons (Fsp3) is 0.188. The Morgan fingerprint density at radius 2 is 1.85 bits per heavy atom. The van der Waals surface area contributed by atoms with Crippen molar-refractivity contribution >= 4 is 22.4 Å². The van der Waals surface area contributed by atoms with Crippen LogP contribution in [0.3, 0.4) is 0 Å². The lowest BCUT2D eigenvalue weighted by atomic mass is 10.2. The molecule has 0 fully saturated rings. The average molecular weight is 266 g/mol. The van der Waals surface area contributed by atoms with Crippen molar-refractivity contribution in [2.24, 2.45) is 0 Å². The number of aryl methyl sites for hydroxylation is 1. The van der Waals surface area contributed by atoms with Crippen LogP contribution in [0.4, 0.5) is 11.4 Å². The minimum absolute atomic E-state index is 0.739. The number of para-hydroxylation sites is 2. The van der Waals surface area contributed by atoms with E-state index >= 15 is 0 Å². The van der Waals surface area contributed by atoms with Crippen molar-refractivity contribution < 1.29 is 0 Å². The Morgan fingerprint density at radius 1 is 1.10 bits per heavy atom. The monoisotopic (exact) mass is 266 g/mol. The number of nitrogens with two attached hydrogens (primary N) is 1. The minimum atomic E-state index is 0.739. The molecule has 0 radical (unpaired) electrons. The van der Waals surface area contributed by atoms with Crippen LogP contribution in [0.5, 0.6) is 0 Å². The second kappa shape index (κ2) is 4.56. The van der Waals surface area contributed by atoms with E-state index in [1.807, 2.05) is 51.4 Å². The summed E-state index contributed by atoms with van der Waals surface area (Å²) in [6.07, 6.45) is 0. The minimum Gasteiger partial charge on any atom is -0.399 e. The Labute approximate surface area is 118 Å². The van der Waals surface area contributed by atoms with Gasteiger partial charge in [-0.25, -0.2) is 4.98 Å². The van der Waals surface area contributed by atoms with Gasteiger partial charge in [0.25, 0.3) is 0 Å². The Kier molecular flexibility index (Phi) is 2.86. The molecule has 0 atom stereocenters. The molecule has 20 heavy (non-hydrogen) atoms. The molecule has 2 aromatic carbocycles. The maximum Gasteiger partial charge on any atom is 0.111 e. The third-order valence-electron chi connectivity index (χ3n) is 3.45. The summed E-state index contributed by atoms with van der Waals surface area (Å²) in [6.45, 7) is 2.02. The number of rotatable bonds is 2. The van der Waals surface area contributed by atoms with Crippen LogP contribution in [0.15, 0.2) is 42.5 Å². The second-order valence-corrected chi connectivity index (χ2v) is 5.13. The molecule has 4 nitrogen and oxygen atoms in total. The van der Waals surface area contributed by atoms with Crippen molar-refractivity contribution in [3.05, 3.63) is 48.3 Å². The zero-order valence-corrected chi connectivity index (χ0v) is 12.0. The molecule has 3 aromatic rings. The Morgan fingerprint density at radius 3 is 2.60 bits per heavy atom. The third kappa shape index (κ3) is 1.90. The largest absolute Gasteiger partial charge is 0.399 e. The number of benzene rings is 2. The molecule has 0 unspecified atom stereocenters. The van der Waals surface area contributed by atoms with Gasteiger partial charge in [-0.3, -0.25) is 4.57 Å². The molecule has 0 saturated heterocycles. The molecule has 0 aliphatic heterocycles. The standard InChI is InChI=1S/C16H18N4/c1-11-18-13-10-12(17)8-9-14(13)20(11)16-7-5-4-6-15(16)19(2)3/h4-10H,17H2,1-3H3. The normalized spacial score (nSPS) is 10.9. The summed E-state index contributed by atoms with van der Waals surface area (Å²) in [6, 6.07) is 14.2. The lowest BCUT2D eigenvalue weighted by Crippen LogP contribution is -2.12. The van der Waals surface area contributed by atoms with Gasteiger partial charge in [-0.1, -0.05) is 12.1 Å². The molecule has 0 spiro atoms. The number of nitrogen functional groups attached to an aromatic ring is 1. The van der Waals surface area contributed by atoms with Gasteiger partial charge in [0.05, 0.1) is 22.4 Å². The average Bonchev–Trinajstić information content (AvgIpc) is 2.73. The molecule has 0 amide bonds. The van der Waals surface area contributed by atoms with E-state index < -0.39 is 0 Å². The molecule has 102 valence electrons. The molecule has 4 heteroatoms. The van der Waals surface area contributed by atoms with Crippen molar-refractivity contribution in [1.82, 2.24) is 9.55 Å². The van der Waals surface area contributed by atoms with Crippen LogP contribution >= 0.6 is 0 Å². The van der Waals surface area contributed by atoms with Crippen molar-refractivity contribution in [3.63, 3.8) is 0 Å². The molecule has 1 heterocycles. The van der Waals surface area contributed by atoms with Crippen LogP contribution in [-0.2, 0) is 0 Å². The first kappa shape index (κ1) is 12.5. The predicted molar refractivity (Wildman–Crippen MR) is 84.5 cm³/mol. The van der Waals surface area contributed by atoms with Gasteiger partial charge in [-0.2, -0.15) is 0 Å². The van der Waals surface area contributed by atoms with Crippen LogP contribution in [0.2, 0.25) is 0 Å². The van der Waals surface area contributed by atoms with Crippen molar-refractivity contribution in [3.8, 4) is 5.69 Å². The fourth-order valence-electron chi connectivity index (χ4n) is 2.55. The van der Waals surface area contributed by atoms with Crippen LogP contribution < -0.4 is 10.6 Å². The van der Waals surface area contributed by atoms with Crippen molar-refractivity contribution in [1.29, 1.82) is 0 Å². The molecule has 3 rings (SSSR count). The predicted octanol–water partition coefficient (Wildman–Crippen LogP) is 2.98. The molecule has 0 bridgehead atoms. The van der Waals surface area contributed by atoms with Gasteiger partial charge < -0.3 is 10.6 Å². The van der Waals surface area contributed by atoms with E-state index in [2.05, 4.69) is 26.6 Å². The maximum atomic E-state index is 5.84. The van der Waals surface area contributed by atoms with Gasteiger partial charge in [-0.05, 0) is 37.3 Å². The quantitative estimate of drug-likeness (QED) is 0.725. The number of imidazole rings is 1. The van der Waals surface area contributed by atoms with Crippen molar-refractivity contribution in [2.75, 3.05) is 24.7 Å². The first-order chi connectivity index (χ1) is 9.58. The highest BCUT2D eigenvalue weighted by Gasteiger charge is 2.13. The molecule has 0 aliphatic carbocycles. The molecular formula is C16H18N4. The van der Waals surface area contributed by atoms with Gasteiger partial charge >= 0.3 is 0 Å². The topological polar surface area (TPSA) is 47.1 Å². The van der Waals surface area contributed by atoms with Crippen LogP contribution in [0.25, 0.3) is 16.7 Å². The van der Waals surface area contributed by atoms with E-state index in [1.165, 1.54) is 0 Å². The molecule has 1 aromatic heterocycles. The summed E-state index contributed by atoms with van der Waals surface area (Å²) in [4.78, 5) is 6.72. The van der Waals surface area contributed by atoms with E-state index in [0.29, 0.717) is 0 Å². The van der Waals surface area contributed by atoms with Crippen LogP contribution in [0, 0.1) is 6.92 Å². The van der Waals surface area contributed by atoms with Gasteiger partial charge in [0.2, 0.25) is 0 Å². The summed E-state index contributed by atoms with van der Waals surface area (Å²) >= 11 is 0. The summed E-state index contributed by atoms with van der Waals surface area (Å²) in [7, 11) is 4.09. The first-order valence-corrected chi connectivity index (χ1v) is 6.59. The van der Waals surface area contributed by atoms with Gasteiger partial charge in [0, 0.05) is 19.8 Å². The number of nitrogens with zero attached hydrogens (tertiary/aromatic N) is 3. The Balaban J connectivity index is 2.33. The third-order valence-corrected chi connectivity index (χ3v) is 3.45. The number of anilines is 2. The lowest BCUT2D eigenvalue weighted by molar-refractivity contribution is 0.984. The fourth-order valence-corrected chi connectivity index (χ4v) is 2.55. The number of fused-ring (bicyclic) bond motifs is 1. The van der Waals surface area contributed by atoms with Gasteiger partial charge in [0.15, 0.2) is 0 Å². The van der Waals surface area contributed by atoms with E-state index in [9.17, 15) is 0 Å². The Bertz CT molecular complexity index is 771. The van der Waals surface area contributed by atoms with E-state index in [-0.39, 0.29) is 0 Å². The van der Waals surface area contributed by atoms with Crippen molar-refractivity contribution in [2.45, 2.75) is 6.92 Å². The van der Waals surface area contributed by atoms with E-state index in [0.717, 1.165) is 33.9 Å². The van der Waals surface area contributed by atoms with E-state index in [4.69, 9.17) is 5.73 Å². The summed E-state index contributed by atoms with van der Waals surface area (Å²) < 4.78 is 2.17. The molecular weight excluding hydrogens is 248 g/mol. The highest BCUT2D eigenvalue weighted by atomic mass is 15.1. The molecule has 0 saturated carbocycles. The highest BCUT2D eigenvalue weighted by molar-refractivity contribution is 5.83. The van der Waals surface area contributed by atoms with Gasteiger partial charge in [0.1, 0.15) is 5.82 Å². The van der Waals surface area contributed by atoms with Crippen LogP contribution in [-0.4, -0.2) is 23.6 Å². The summed E-state index contributed by atoms with van der Waals surface area (Å²) in [5.41, 5.74) is 10.9. The SMILES string of the molecule is Cc1nc2cc(N)ccc2n1-c1ccccc1N(C)C. The zero-order chi connectivity index (χ0) is 14.3. The zero-order valence-electron chi connectivity index (χ0n) is 12.0.